The highest BCUT2D eigenvalue weighted by Gasteiger charge is 2.23. The van der Waals surface area contributed by atoms with Gasteiger partial charge in [0.1, 0.15) is 0 Å². The molecule has 2 heteroatoms. The third-order valence-electron chi connectivity index (χ3n) is 3.73. The summed E-state index contributed by atoms with van der Waals surface area (Å²) in [6.07, 6.45) is 6.72. The van der Waals surface area contributed by atoms with Gasteiger partial charge in [0.2, 0.25) is 0 Å². The molecule has 1 rings (SSSR count). The highest BCUT2D eigenvalue weighted by Crippen LogP contribution is 2.29. The van der Waals surface area contributed by atoms with Gasteiger partial charge in [-0.2, -0.15) is 0 Å². The molecule has 1 N–H and O–H groups in total. The van der Waals surface area contributed by atoms with Crippen LogP contribution in [-0.4, -0.2) is 25.3 Å². The van der Waals surface area contributed by atoms with Crippen LogP contribution in [0, 0.1) is 11.8 Å². The van der Waals surface area contributed by atoms with Crippen molar-refractivity contribution in [2.75, 3.05) is 19.7 Å². The average molecular weight is 241 g/mol. The standard InChI is InChI=1S/C15H31NO/c1-5-9-16-12-15(3,4)17-11-14-8-6-7-13(2)10-14/h13-14,16H,5-12H2,1-4H3. The Kier molecular flexibility index (Phi) is 6.50. The molecule has 1 fully saturated rings. The summed E-state index contributed by atoms with van der Waals surface area (Å²) in [5, 5.41) is 3.45. The number of hydrogen-bond donors (Lipinski definition) is 1. The third-order valence-corrected chi connectivity index (χ3v) is 3.73. The molecule has 0 amide bonds. The summed E-state index contributed by atoms with van der Waals surface area (Å²) in [7, 11) is 0. The molecule has 1 aliphatic rings. The zero-order chi connectivity index (χ0) is 12.7. The minimum absolute atomic E-state index is 0.0180. The molecule has 2 unspecified atom stereocenters. The maximum atomic E-state index is 6.10. The molecular weight excluding hydrogens is 210 g/mol. The highest BCUT2D eigenvalue weighted by molar-refractivity contribution is 4.75. The van der Waals surface area contributed by atoms with Crippen LogP contribution in [0.2, 0.25) is 0 Å². The molecule has 0 heterocycles. The zero-order valence-electron chi connectivity index (χ0n) is 12.2. The van der Waals surface area contributed by atoms with Crippen LogP contribution in [0.3, 0.4) is 0 Å². The van der Waals surface area contributed by atoms with Gasteiger partial charge in [0.05, 0.1) is 12.2 Å². The molecule has 1 aliphatic carbocycles. The van der Waals surface area contributed by atoms with Crippen LogP contribution in [0.15, 0.2) is 0 Å². The summed E-state index contributed by atoms with van der Waals surface area (Å²) in [4.78, 5) is 0. The number of nitrogens with one attached hydrogen (secondary N) is 1. The van der Waals surface area contributed by atoms with E-state index in [0.29, 0.717) is 0 Å². The number of hydrogen-bond acceptors (Lipinski definition) is 2. The first-order valence-electron chi connectivity index (χ1n) is 7.38. The van der Waals surface area contributed by atoms with E-state index in [9.17, 15) is 0 Å². The Morgan fingerprint density at radius 3 is 2.71 bits per heavy atom. The van der Waals surface area contributed by atoms with Crippen LogP contribution in [-0.2, 0) is 4.74 Å². The van der Waals surface area contributed by atoms with Gasteiger partial charge >= 0.3 is 0 Å². The first-order chi connectivity index (χ1) is 8.03. The predicted molar refractivity (Wildman–Crippen MR) is 74.3 cm³/mol. The van der Waals surface area contributed by atoms with Crippen molar-refractivity contribution in [2.45, 2.75) is 65.4 Å². The summed E-state index contributed by atoms with van der Waals surface area (Å²) in [5.74, 6) is 1.70. The third kappa shape index (κ3) is 6.42. The second-order valence-corrected chi connectivity index (χ2v) is 6.39. The number of ether oxygens (including phenoxy) is 1. The van der Waals surface area contributed by atoms with Gasteiger partial charge in [0.25, 0.3) is 0 Å². The van der Waals surface area contributed by atoms with Crippen LogP contribution in [0.25, 0.3) is 0 Å². The van der Waals surface area contributed by atoms with Crippen molar-refractivity contribution < 1.29 is 4.74 Å². The average Bonchev–Trinajstić information content (AvgIpc) is 2.27. The van der Waals surface area contributed by atoms with Crippen molar-refractivity contribution >= 4 is 0 Å². The Bertz CT molecular complexity index is 203. The maximum Gasteiger partial charge on any atom is 0.0750 e. The van der Waals surface area contributed by atoms with E-state index in [2.05, 4.69) is 33.0 Å². The van der Waals surface area contributed by atoms with Gasteiger partial charge in [0.15, 0.2) is 0 Å². The van der Waals surface area contributed by atoms with Crippen molar-refractivity contribution in [3.63, 3.8) is 0 Å². The van der Waals surface area contributed by atoms with Crippen molar-refractivity contribution in [1.29, 1.82) is 0 Å². The molecule has 0 spiro atoms. The van der Waals surface area contributed by atoms with Crippen LogP contribution in [0.5, 0.6) is 0 Å². The molecule has 0 saturated heterocycles. The first kappa shape index (κ1) is 15.0. The summed E-state index contributed by atoms with van der Waals surface area (Å²) in [6, 6.07) is 0. The fourth-order valence-corrected chi connectivity index (χ4v) is 2.67. The van der Waals surface area contributed by atoms with Crippen LogP contribution < -0.4 is 5.32 Å². The Balaban J connectivity index is 2.18. The predicted octanol–water partition coefficient (Wildman–Crippen LogP) is 3.61. The molecule has 17 heavy (non-hydrogen) atoms. The normalized spacial score (nSPS) is 26.1. The van der Waals surface area contributed by atoms with Crippen molar-refractivity contribution in [1.82, 2.24) is 5.32 Å². The van der Waals surface area contributed by atoms with E-state index < -0.39 is 0 Å². The topological polar surface area (TPSA) is 21.3 Å². The molecule has 0 aromatic rings. The molecular formula is C15H31NO. The molecule has 0 bridgehead atoms. The second-order valence-electron chi connectivity index (χ2n) is 6.39. The molecule has 0 aliphatic heterocycles. The summed E-state index contributed by atoms with van der Waals surface area (Å²) >= 11 is 0. The maximum absolute atomic E-state index is 6.10. The Labute approximate surface area is 108 Å². The fourth-order valence-electron chi connectivity index (χ4n) is 2.67. The molecule has 2 atom stereocenters. The smallest absolute Gasteiger partial charge is 0.0750 e. The van der Waals surface area contributed by atoms with Crippen molar-refractivity contribution in [2.24, 2.45) is 11.8 Å². The SMILES string of the molecule is CCCNCC(C)(C)OCC1CCCC(C)C1. The monoisotopic (exact) mass is 241 g/mol. The van der Waals surface area contributed by atoms with Gasteiger partial charge in [0, 0.05) is 6.54 Å². The van der Waals surface area contributed by atoms with E-state index in [1.807, 2.05) is 0 Å². The van der Waals surface area contributed by atoms with Gasteiger partial charge in [-0.25, -0.2) is 0 Å². The lowest BCUT2D eigenvalue weighted by Crippen LogP contribution is -2.39. The van der Waals surface area contributed by atoms with Gasteiger partial charge in [-0.3, -0.25) is 0 Å². The minimum Gasteiger partial charge on any atom is -0.374 e. The lowest BCUT2D eigenvalue weighted by atomic mass is 9.83. The minimum atomic E-state index is -0.0180. The lowest BCUT2D eigenvalue weighted by molar-refractivity contribution is -0.0417. The van der Waals surface area contributed by atoms with Gasteiger partial charge < -0.3 is 10.1 Å². The second kappa shape index (κ2) is 7.38. The largest absolute Gasteiger partial charge is 0.374 e. The van der Waals surface area contributed by atoms with Gasteiger partial charge in [-0.15, -0.1) is 0 Å². The summed E-state index contributed by atoms with van der Waals surface area (Å²) < 4.78 is 6.10. The van der Waals surface area contributed by atoms with Crippen molar-refractivity contribution in [3.8, 4) is 0 Å². The molecule has 0 aromatic carbocycles. The van der Waals surface area contributed by atoms with E-state index in [0.717, 1.165) is 31.5 Å². The lowest BCUT2D eigenvalue weighted by Gasteiger charge is -2.31. The zero-order valence-corrected chi connectivity index (χ0v) is 12.2. The van der Waals surface area contributed by atoms with Gasteiger partial charge in [-0.05, 0) is 51.5 Å². The first-order valence-corrected chi connectivity index (χ1v) is 7.38. The fraction of sp³-hybridized carbons (Fsp3) is 1.00. The summed E-state index contributed by atoms with van der Waals surface area (Å²) in [5.41, 5.74) is -0.0180. The number of rotatable bonds is 7. The molecule has 0 aromatic heterocycles. The quantitative estimate of drug-likeness (QED) is 0.688. The van der Waals surface area contributed by atoms with Crippen molar-refractivity contribution in [3.05, 3.63) is 0 Å². The van der Waals surface area contributed by atoms with Crippen LogP contribution in [0.1, 0.15) is 59.8 Å². The highest BCUT2D eigenvalue weighted by atomic mass is 16.5. The van der Waals surface area contributed by atoms with Crippen LogP contribution >= 0.6 is 0 Å². The Hall–Kier alpha value is -0.0800. The van der Waals surface area contributed by atoms with Crippen LogP contribution in [0.4, 0.5) is 0 Å². The van der Waals surface area contributed by atoms with Gasteiger partial charge in [-0.1, -0.05) is 26.7 Å². The Morgan fingerprint density at radius 1 is 1.29 bits per heavy atom. The van der Waals surface area contributed by atoms with E-state index >= 15 is 0 Å². The molecule has 102 valence electrons. The summed E-state index contributed by atoms with van der Waals surface area (Å²) in [6.45, 7) is 12.0. The molecule has 0 radical (unpaired) electrons. The molecule has 1 saturated carbocycles. The van der Waals surface area contributed by atoms with E-state index in [4.69, 9.17) is 4.74 Å². The molecule has 2 nitrogen and oxygen atoms in total. The van der Waals surface area contributed by atoms with E-state index in [-0.39, 0.29) is 5.60 Å². The van der Waals surface area contributed by atoms with E-state index in [1.165, 1.54) is 32.1 Å². The Morgan fingerprint density at radius 2 is 2.06 bits per heavy atom. The van der Waals surface area contributed by atoms with E-state index in [1.54, 1.807) is 0 Å².